The molecule has 0 bridgehead atoms. The van der Waals surface area contributed by atoms with Crippen molar-refractivity contribution in [3.05, 3.63) is 65.7 Å². The number of anilines is 1. The molecule has 2 aliphatic rings. The van der Waals surface area contributed by atoms with Crippen LogP contribution in [0.5, 0.6) is 0 Å². The second kappa shape index (κ2) is 5.82. The maximum atomic E-state index is 12.1. The zero-order chi connectivity index (χ0) is 15.7. The summed E-state index contributed by atoms with van der Waals surface area (Å²) in [6.45, 7) is 3.11. The number of hydrogen-bond donors (Lipinski definition) is 1. The zero-order valence-electron chi connectivity index (χ0n) is 13.3. The second-order valence-electron chi connectivity index (χ2n) is 6.81. The molecule has 2 aromatic rings. The molecule has 1 spiro atoms. The lowest BCUT2D eigenvalue weighted by Gasteiger charge is -2.44. The van der Waals surface area contributed by atoms with Crippen molar-refractivity contribution in [3.63, 3.8) is 0 Å². The van der Waals surface area contributed by atoms with Crippen LogP contribution in [-0.4, -0.2) is 23.9 Å². The maximum Gasteiger partial charge on any atom is 0.225 e. The van der Waals surface area contributed by atoms with E-state index in [2.05, 4.69) is 52.7 Å². The van der Waals surface area contributed by atoms with E-state index >= 15 is 0 Å². The van der Waals surface area contributed by atoms with Gasteiger partial charge in [0.15, 0.2) is 0 Å². The monoisotopic (exact) mass is 306 g/mol. The Kier molecular flexibility index (Phi) is 3.66. The Labute approximate surface area is 137 Å². The zero-order valence-corrected chi connectivity index (χ0v) is 13.3. The molecule has 0 atom stereocenters. The molecule has 0 radical (unpaired) electrons. The van der Waals surface area contributed by atoms with Crippen molar-refractivity contribution in [1.82, 2.24) is 4.90 Å². The number of carbonyl (C=O) groups excluding carboxylic acids is 1. The third kappa shape index (κ3) is 2.77. The SMILES string of the molecule is O=C1CC2(CCN(Cc3ccccc3)CC2)c2ccccc2N1. The summed E-state index contributed by atoms with van der Waals surface area (Å²) in [6.07, 6.45) is 2.75. The number of amides is 1. The molecule has 4 rings (SSSR count). The fourth-order valence-electron chi connectivity index (χ4n) is 4.08. The molecular formula is C20H22N2O. The van der Waals surface area contributed by atoms with Gasteiger partial charge in [-0.3, -0.25) is 9.69 Å². The van der Waals surface area contributed by atoms with Gasteiger partial charge in [0.05, 0.1) is 0 Å². The van der Waals surface area contributed by atoms with Crippen LogP contribution in [0.25, 0.3) is 0 Å². The van der Waals surface area contributed by atoms with E-state index in [4.69, 9.17) is 0 Å². The summed E-state index contributed by atoms with van der Waals surface area (Å²) in [6, 6.07) is 19.0. The Hall–Kier alpha value is -2.13. The highest BCUT2D eigenvalue weighted by Crippen LogP contribution is 2.44. The van der Waals surface area contributed by atoms with Gasteiger partial charge in [-0.05, 0) is 43.1 Å². The molecule has 0 saturated carbocycles. The van der Waals surface area contributed by atoms with E-state index in [9.17, 15) is 4.79 Å². The van der Waals surface area contributed by atoms with Gasteiger partial charge in [-0.25, -0.2) is 0 Å². The van der Waals surface area contributed by atoms with Crippen LogP contribution < -0.4 is 5.32 Å². The van der Waals surface area contributed by atoms with Crippen LogP contribution in [-0.2, 0) is 16.8 Å². The van der Waals surface area contributed by atoms with Crippen molar-refractivity contribution in [2.45, 2.75) is 31.2 Å². The topological polar surface area (TPSA) is 32.3 Å². The number of hydrogen-bond acceptors (Lipinski definition) is 2. The van der Waals surface area contributed by atoms with Crippen LogP contribution in [0, 0.1) is 0 Å². The molecule has 2 heterocycles. The highest BCUT2D eigenvalue weighted by atomic mass is 16.1. The normalized spacial score (nSPS) is 20.1. The largest absolute Gasteiger partial charge is 0.326 e. The summed E-state index contributed by atoms with van der Waals surface area (Å²) in [5, 5.41) is 3.03. The highest BCUT2D eigenvalue weighted by molar-refractivity contribution is 5.95. The lowest BCUT2D eigenvalue weighted by atomic mass is 9.68. The van der Waals surface area contributed by atoms with Crippen LogP contribution in [0.2, 0.25) is 0 Å². The summed E-state index contributed by atoms with van der Waals surface area (Å²) < 4.78 is 0. The van der Waals surface area contributed by atoms with Gasteiger partial charge in [0.25, 0.3) is 0 Å². The number of para-hydroxylation sites is 1. The van der Waals surface area contributed by atoms with Crippen LogP contribution in [0.3, 0.4) is 0 Å². The first-order valence-electron chi connectivity index (χ1n) is 8.41. The van der Waals surface area contributed by atoms with Crippen molar-refractivity contribution < 1.29 is 4.79 Å². The Morgan fingerprint density at radius 3 is 2.43 bits per heavy atom. The molecule has 2 aliphatic heterocycles. The summed E-state index contributed by atoms with van der Waals surface area (Å²) in [5.41, 5.74) is 3.75. The van der Waals surface area contributed by atoms with E-state index in [1.807, 2.05) is 12.1 Å². The average molecular weight is 306 g/mol. The molecule has 1 amide bonds. The van der Waals surface area contributed by atoms with Gasteiger partial charge in [0, 0.05) is 24.1 Å². The number of nitrogens with zero attached hydrogens (tertiary/aromatic N) is 1. The van der Waals surface area contributed by atoms with Crippen LogP contribution in [0.1, 0.15) is 30.4 Å². The number of rotatable bonds is 2. The number of fused-ring (bicyclic) bond motifs is 2. The van der Waals surface area contributed by atoms with Crippen molar-refractivity contribution in [2.24, 2.45) is 0 Å². The third-order valence-electron chi connectivity index (χ3n) is 5.33. The molecule has 0 aliphatic carbocycles. The molecule has 2 aromatic carbocycles. The van der Waals surface area contributed by atoms with Gasteiger partial charge >= 0.3 is 0 Å². The number of likely N-dealkylation sites (tertiary alicyclic amines) is 1. The van der Waals surface area contributed by atoms with Gasteiger partial charge in [0.1, 0.15) is 0 Å². The lowest BCUT2D eigenvalue weighted by Crippen LogP contribution is -2.46. The van der Waals surface area contributed by atoms with Gasteiger partial charge in [0.2, 0.25) is 5.91 Å². The first kappa shape index (κ1) is 14.5. The van der Waals surface area contributed by atoms with E-state index in [0.717, 1.165) is 38.2 Å². The summed E-state index contributed by atoms with van der Waals surface area (Å²) in [7, 11) is 0. The maximum absolute atomic E-state index is 12.1. The average Bonchev–Trinajstić information content (AvgIpc) is 2.58. The smallest absolute Gasteiger partial charge is 0.225 e. The number of nitrogens with one attached hydrogen (secondary N) is 1. The minimum absolute atomic E-state index is 0.0338. The molecule has 3 nitrogen and oxygen atoms in total. The minimum atomic E-state index is 0.0338. The molecule has 118 valence electrons. The van der Waals surface area contributed by atoms with Gasteiger partial charge in [-0.2, -0.15) is 0 Å². The van der Waals surface area contributed by atoms with E-state index in [1.165, 1.54) is 11.1 Å². The predicted octanol–water partition coefficient (Wildman–Crippen LogP) is 3.56. The van der Waals surface area contributed by atoms with E-state index in [1.54, 1.807) is 0 Å². The van der Waals surface area contributed by atoms with Gasteiger partial charge < -0.3 is 5.32 Å². The second-order valence-corrected chi connectivity index (χ2v) is 6.81. The molecular weight excluding hydrogens is 284 g/mol. The highest BCUT2D eigenvalue weighted by Gasteiger charge is 2.42. The summed E-state index contributed by atoms with van der Waals surface area (Å²) >= 11 is 0. The minimum Gasteiger partial charge on any atom is -0.326 e. The molecule has 0 aromatic heterocycles. The fourth-order valence-corrected chi connectivity index (χ4v) is 4.08. The van der Waals surface area contributed by atoms with Crippen LogP contribution in [0.15, 0.2) is 54.6 Å². The van der Waals surface area contributed by atoms with Crippen LogP contribution >= 0.6 is 0 Å². The first-order valence-corrected chi connectivity index (χ1v) is 8.41. The van der Waals surface area contributed by atoms with E-state index in [-0.39, 0.29) is 11.3 Å². The number of carbonyl (C=O) groups is 1. The first-order chi connectivity index (χ1) is 11.3. The molecule has 0 unspecified atom stereocenters. The quantitative estimate of drug-likeness (QED) is 0.920. The molecule has 1 N–H and O–H groups in total. The summed E-state index contributed by atoms with van der Waals surface area (Å²) in [4.78, 5) is 14.7. The third-order valence-corrected chi connectivity index (χ3v) is 5.33. The number of benzene rings is 2. The Morgan fingerprint density at radius 1 is 0.957 bits per heavy atom. The van der Waals surface area contributed by atoms with E-state index < -0.39 is 0 Å². The molecule has 23 heavy (non-hydrogen) atoms. The van der Waals surface area contributed by atoms with Crippen molar-refractivity contribution in [1.29, 1.82) is 0 Å². The van der Waals surface area contributed by atoms with Gasteiger partial charge in [-0.15, -0.1) is 0 Å². The predicted molar refractivity (Wildman–Crippen MR) is 92.3 cm³/mol. The molecule has 1 fully saturated rings. The Morgan fingerprint density at radius 2 is 1.65 bits per heavy atom. The molecule has 1 saturated heterocycles. The van der Waals surface area contributed by atoms with E-state index in [0.29, 0.717) is 6.42 Å². The fraction of sp³-hybridized carbons (Fsp3) is 0.350. The standard InChI is InChI=1S/C20H22N2O/c23-19-14-20(17-8-4-5-9-18(17)21-19)10-12-22(13-11-20)15-16-6-2-1-3-7-16/h1-9H,10-15H2,(H,21,23). The Balaban J connectivity index is 1.52. The number of piperidine rings is 1. The van der Waals surface area contributed by atoms with Crippen molar-refractivity contribution in [2.75, 3.05) is 18.4 Å². The molecule has 3 heteroatoms. The Bertz CT molecular complexity index is 703. The van der Waals surface area contributed by atoms with Crippen LogP contribution in [0.4, 0.5) is 5.69 Å². The van der Waals surface area contributed by atoms with Crippen molar-refractivity contribution >= 4 is 11.6 Å². The lowest BCUT2D eigenvalue weighted by molar-refractivity contribution is -0.118. The van der Waals surface area contributed by atoms with Gasteiger partial charge in [-0.1, -0.05) is 48.5 Å². The van der Waals surface area contributed by atoms with Crippen molar-refractivity contribution in [3.8, 4) is 0 Å². The summed E-state index contributed by atoms with van der Waals surface area (Å²) in [5.74, 6) is 0.167.